The molecule has 0 radical (unpaired) electrons. The molecule has 2 rings (SSSR count). The predicted octanol–water partition coefficient (Wildman–Crippen LogP) is 3.67. The fourth-order valence-corrected chi connectivity index (χ4v) is 8.86. The van der Waals surface area contributed by atoms with Gasteiger partial charge in [0.1, 0.15) is 0 Å². The summed E-state index contributed by atoms with van der Waals surface area (Å²) in [5.41, 5.74) is -0.726. The lowest BCUT2D eigenvalue weighted by Crippen LogP contribution is -2.44. The van der Waals surface area contributed by atoms with Gasteiger partial charge in [-0.25, -0.2) is 21.6 Å². The van der Waals surface area contributed by atoms with Crippen LogP contribution in [0.2, 0.25) is 0 Å². The van der Waals surface area contributed by atoms with E-state index in [1.54, 1.807) is 32.6 Å². The maximum absolute atomic E-state index is 13.3. The molecule has 0 aliphatic carbocycles. The average Bonchev–Trinajstić information content (AvgIpc) is 3.44. The molecule has 0 spiro atoms. The molecule has 0 aromatic rings. The molecule has 2 heterocycles. The standard InChI is InChI=1S/C28H51N3O7S3/c1-8-21(3)31(24(32)13-11-10-12-23-25-22(20-39-23)29-26(33)30-25)16-19-41(36,37)28(6,7)14-17-38-27(4,5)15-18-40(34,35)9-2/h9,21-23,25H,2,8,10-20H2,1,3-7H3,(H2,29,30,33). The second-order valence-corrected chi connectivity index (χ2v) is 18.5. The highest BCUT2D eigenvalue weighted by molar-refractivity contribution is 8.00. The molecule has 0 bridgehead atoms. The van der Waals surface area contributed by atoms with E-state index in [-0.39, 0.29) is 67.6 Å². The van der Waals surface area contributed by atoms with Gasteiger partial charge in [-0.05, 0) is 66.7 Å². The molecular weight excluding hydrogens is 587 g/mol. The predicted molar refractivity (Wildman–Crippen MR) is 167 cm³/mol. The molecule has 0 aromatic carbocycles. The highest BCUT2D eigenvalue weighted by Crippen LogP contribution is 2.33. The summed E-state index contributed by atoms with van der Waals surface area (Å²) in [4.78, 5) is 26.4. The molecule has 13 heteroatoms. The lowest BCUT2D eigenvalue weighted by Gasteiger charge is -2.32. The van der Waals surface area contributed by atoms with Gasteiger partial charge in [0.15, 0.2) is 19.7 Å². The zero-order valence-corrected chi connectivity index (χ0v) is 28.1. The van der Waals surface area contributed by atoms with Gasteiger partial charge in [0.25, 0.3) is 0 Å². The van der Waals surface area contributed by atoms with E-state index in [2.05, 4.69) is 17.2 Å². The first-order chi connectivity index (χ1) is 18.9. The van der Waals surface area contributed by atoms with Crippen molar-refractivity contribution in [2.75, 3.05) is 30.4 Å². The number of sulfone groups is 2. The number of fused-ring (bicyclic) bond motifs is 1. The highest BCUT2D eigenvalue weighted by Gasteiger charge is 2.42. The van der Waals surface area contributed by atoms with Crippen LogP contribution in [-0.2, 0) is 29.2 Å². The molecule has 2 fully saturated rings. The van der Waals surface area contributed by atoms with Crippen LogP contribution in [0.5, 0.6) is 0 Å². The lowest BCUT2D eigenvalue weighted by atomic mass is 10.0. The van der Waals surface area contributed by atoms with Crippen molar-refractivity contribution >= 4 is 43.4 Å². The van der Waals surface area contributed by atoms with Gasteiger partial charge in [-0.1, -0.05) is 19.9 Å². The molecule has 2 N–H and O–H groups in total. The minimum atomic E-state index is -3.56. The van der Waals surface area contributed by atoms with E-state index in [1.807, 2.05) is 25.6 Å². The molecule has 4 atom stereocenters. The van der Waals surface area contributed by atoms with E-state index < -0.39 is 30.0 Å². The quantitative estimate of drug-likeness (QED) is 0.162. The van der Waals surface area contributed by atoms with E-state index in [0.717, 1.165) is 36.8 Å². The summed E-state index contributed by atoms with van der Waals surface area (Å²) in [6.07, 6.45) is 4.15. The Balaban J connectivity index is 1.83. The Bertz CT molecular complexity index is 1120. The fourth-order valence-electron chi connectivity index (χ4n) is 4.99. The number of nitrogens with one attached hydrogen (secondary N) is 2. The van der Waals surface area contributed by atoms with Crippen LogP contribution in [0.4, 0.5) is 4.79 Å². The molecule has 4 unspecified atom stereocenters. The van der Waals surface area contributed by atoms with E-state index in [4.69, 9.17) is 4.74 Å². The molecule has 238 valence electrons. The average molecular weight is 638 g/mol. The third-order valence-corrected chi connectivity index (χ3v) is 13.8. The van der Waals surface area contributed by atoms with Gasteiger partial charge >= 0.3 is 6.03 Å². The van der Waals surface area contributed by atoms with E-state index in [9.17, 15) is 26.4 Å². The van der Waals surface area contributed by atoms with Crippen molar-refractivity contribution in [1.82, 2.24) is 15.5 Å². The molecule has 0 aromatic heterocycles. The van der Waals surface area contributed by atoms with E-state index >= 15 is 0 Å². The zero-order chi connectivity index (χ0) is 31.1. The van der Waals surface area contributed by atoms with Crippen molar-refractivity contribution in [3.05, 3.63) is 12.0 Å². The number of nitrogens with zero attached hydrogens (tertiary/aromatic N) is 1. The second kappa shape index (κ2) is 14.9. The zero-order valence-electron chi connectivity index (χ0n) is 25.6. The third kappa shape index (κ3) is 10.7. The normalized spacial score (nSPS) is 22.1. The number of unbranched alkanes of at least 4 members (excludes halogenated alkanes) is 1. The molecule has 10 nitrogen and oxygen atoms in total. The van der Waals surface area contributed by atoms with E-state index in [1.165, 1.54) is 0 Å². The van der Waals surface area contributed by atoms with Crippen molar-refractivity contribution in [2.24, 2.45) is 0 Å². The number of rotatable bonds is 19. The third-order valence-electron chi connectivity index (χ3n) is 8.39. The number of urea groups is 1. The summed E-state index contributed by atoms with van der Waals surface area (Å²) in [5.74, 6) is 0.662. The number of ether oxygens (including phenoxy) is 1. The van der Waals surface area contributed by atoms with Crippen molar-refractivity contribution in [1.29, 1.82) is 0 Å². The number of carbonyl (C=O) groups excluding carboxylic acids is 2. The molecule has 2 aliphatic heterocycles. The van der Waals surface area contributed by atoms with Crippen LogP contribution in [-0.4, -0.2) is 97.8 Å². The first-order valence-electron chi connectivity index (χ1n) is 14.6. The summed E-state index contributed by atoms with van der Waals surface area (Å²) >= 11 is 1.86. The minimum Gasteiger partial charge on any atom is -0.375 e. The van der Waals surface area contributed by atoms with Crippen LogP contribution >= 0.6 is 11.8 Å². The van der Waals surface area contributed by atoms with Crippen molar-refractivity contribution in [3.63, 3.8) is 0 Å². The van der Waals surface area contributed by atoms with Crippen molar-refractivity contribution in [3.8, 4) is 0 Å². The molecule has 41 heavy (non-hydrogen) atoms. The summed E-state index contributed by atoms with van der Waals surface area (Å²) in [7, 11) is -6.90. The summed E-state index contributed by atoms with van der Waals surface area (Å²) < 4.78 is 55.0. The Labute approximate surface area is 252 Å². The van der Waals surface area contributed by atoms with Gasteiger partial charge in [0.2, 0.25) is 5.91 Å². The van der Waals surface area contributed by atoms with Gasteiger partial charge in [-0.15, -0.1) is 0 Å². The van der Waals surface area contributed by atoms with Gasteiger partial charge in [-0.3, -0.25) is 4.79 Å². The maximum atomic E-state index is 13.3. The highest BCUT2D eigenvalue weighted by atomic mass is 32.2. The van der Waals surface area contributed by atoms with E-state index in [0.29, 0.717) is 11.7 Å². The van der Waals surface area contributed by atoms with Gasteiger partial charge in [0.05, 0.1) is 33.9 Å². The van der Waals surface area contributed by atoms with Crippen LogP contribution in [0.15, 0.2) is 12.0 Å². The fraction of sp³-hybridized carbons (Fsp3) is 0.857. The van der Waals surface area contributed by atoms with Crippen LogP contribution in [0.1, 0.15) is 86.5 Å². The Morgan fingerprint density at radius 1 is 1.15 bits per heavy atom. The van der Waals surface area contributed by atoms with Crippen molar-refractivity contribution < 1.29 is 31.2 Å². The number of hydrogen-bond acceptors (Lipinski definition) is 8. The molecule has 0 saturated carbocycles. The molecular formula is C28H51N3O7S3. The van der Waals surface area contributed by atoms with Crippen molar-refractivity contribution in [2.45, 2.75) is 120 Å². The summed E-state index contributed by atoms with van der Waals surface area (Å²) in [6.45, 7) is 14.5. The summed E-state index contributed by atoms with van der Waals surface area (Å²) in [5, 5.41) is 7.23. The van der Waals surface area contributed by atoms with Crippen LogP contribution in [0.3, 0.4) is 0 Å². The Morgan fingerprint density at radius 3 is 2.46 bits per heavy atom. The number of hydrogen-bond donors (Lipinski definition) is 2. The SMILES string of the molecule is C=CS(=O)(=O)CCC(C)(C)OCCC(C)(C)S(=O)(=O)CCN(C(=O)CCCCC1SCC2NC(=O)NC21)C(C)CC. The Kier molecular flexibility index (Phi) is 13.1. The first-order valence-corrected chi connectivity index (χ1v) is 19.0. The Morgan fingerprint density at radius 2 is 1.83 bits per heavy atom. The van der Waals surface area contributed by atoms with Crippen LogP contribution in [0, 0.1) is 0 Å². The number of thioether (sulfide) groups is 1. The molecule has 3 amide bonds. The lowest BCUT2D eigenvalue weighted by molar-refractivity contribution is -0.133. The Hall–Kier alpha value is -1.31. The largest absolute Gasteiger partial charge is 0.375 e. The number of amides is 3. The van der Waals surface area contributed by atoms with Crippen LogP contribution < -0.4 is 10.6 Å². The maximum Gasteiger partial charge on any atom is 0.315 e. The minimum absolute atomic E-state index is 0.0281. The van der Waals surface area contributed by atoms with Gasteiger partial charge in [-0.2, -0.15) is 11.8 Å². The molecule has 2 saturated heterocycles. The van der Waals surface area contributed by atoms with Crippen LogP contribution in [0.25, 0.3) is 0 Å². The molecule has 2 aliphatic rings. The smallest absolute Gasteiger partial charge is 0.315 e. The number of carbonyl (C=O) groups is 2. The second-order valence-electron chi connectivity index (χ2n) is 12.4. The van der Waals surface area contributed by atoms with Gasteiger partial charge in [0, 0.05) is 42.0 Å². The first kappa shape index (κ1) is 35.9. The monoisotopic (exact) mass is 637 g/mol. The van der Waals surface area contributed by atoms with Gasteiger partial charge < -0.3 is 20.3 Å². The summed E-state index contributed by atoms with van der Waals surface area (Å²) in [6, 6.07) is 0.169. The topological polar surface area (TPSA) is 139 Å².